The van der Waals surface area contributed by atoms with Gasteiger partial charge in [0.15, 0.2) is 0 Å². The normalized spacial score (nSPS) is 41.9. The number of amides is 1. The number of benzene rings is 1. The summed E-state index contributed by atoms with van der Waals surface area (Å²) >= 11 is 0. The van der Waals surface area contributed by atoms with E-state index in [-0.39, 0.29) is 33.0 Å². The number of fused-ring (bicyclic) bond motifs is 7. The van der Waals surface area contributed by atoms with Crippen LogP contribution in [0.2, 0.25) is 0 Å². The quantitative estimate of drug-likeness (QED) is 0.261. The van der Waals surface area contributed by atoms with E-state index in [4.69, 9.17) is 0 Å². The van der Waals surface area contributed by atoms with Gasteiger partial charge in [0.25, 0.3) is 0 Å². The molecule has 5 saturated carbocycles. The lowest BCUT2D eigenvalue weighted by molar-refractivity contribution is -0.232. The molecule has 1 heterocycles. The molecule has 1 N–H and O–H groups in total. The molecule has 1 saturated heterocycles. The summed E-state index contributed by atoms with van der Waals surface area (Å²) in [5.41, 5.74) is 3.20. The summed E-state index contributed by atoms with van der Waals surface area (Å²) < 4.78 is 0. The average Bonchev–Trinajstić information content (AvgIpc) is 3.46. The van der Waals surface area contributed by atoms with Crippen molar-refractivity contribution in [2.75, 3.05) is 25.0 Å². The Bertz CT molecular complexity index is 1510. The lowest BCUT2D eigenvalue weighted by atomic mass is 9.32. The van der Waals surface area contributed by atoms with Crippen LogP contribution in [0, 0.1) is 68.5 Å². The third-order valence-electron chi connectivity index (χ3n) is 16.4. The zero-order chi connectivity index (χ0) is 34.1. The molecule has 260 valence electrons. The molecule has 0 radical (unpaired) electrons. The average molecular weight is 651 g/mol. The maximum atomic E-state index is 14.6. The monoisotopic (exact) mass is 650 g/mol. The van der Waals surface area contributed by atoms with Crippen molar-refractivity contribution in [1.82, 2.24) is 4.90 Å². The summed E-state index contributed by atoms with van der Waals surface area (Å²) in [6, 6.07) is 8.23. The first-order chi connectivity index (χ1) is 22.8. The number of likely N-dealkylation sites (tertiary alicyclic amines) is 1. The lowest BCUT2D eigenvalue weighted by Gasteiger charge is -2.72. The molecular formula is C44H62N2O2. The predicted octanol–water partition coefficient (Wildman–Crippen LogP) is 9.69. The van der Waals surface area contributed by atoms with Crippen LogP contribution in [0.15, 0.2) is 36.4 Å². The second-order valence-electron chi connectivity index (χ2n) is 18.7. The Morgan fingerprint density at radius 1 is 0.875 bits per heavy atom. The highest BCUT2D eigenvalue weighted by atomic mass is 16.2. The van der Waals surface area contributed by atoms with Crippen LogP contribution in [-0.2, 0) is 9.59 Å². The summed E-state index contributed by atoms with van der Waals surface area (Å²) in [6.45, 7) is 22.2. The Morgan fingerprint density at radius 3 is 2.31 bits per heavy atom. The van der Waals surface area contributed by atoms with Gasteiger partial charge in [-0.2, -0.15) is 0 Å². The number of Topliss-reactive ketones (excluding diaryl/α,β-unsaturated/α-hetero) is 1. The van der Waals surface area contributed by atoms with Crippen LogP contribution >= 0.6 is 0 Å². The number of carbonyl (C=O) groups is 2. The van der Waals surface area contributed by atoms with E-state index in [1.54, 1.807) is 0 Å². The number of ketones is 1. The number of hydrogen-bond acceptors (Lipinski definition) is 3. The van der Waals surface area contributed by atoms with Crippen LogP contribution in [0.1, 0.15) is 131 Å². The number of rotatable bonds is 4. The van der Waals surface area contributed by atoms with Crippen LogP contribution in [0.4, 0.5) is 5.69 Å². The van der Waals surface area contributed by atoms with Gasteiger partial charge in [-0.25, -0.2) is 0 Å². The molecule has 7 rings (SSSR count). The van der Waals surface area contributed by atoms with Crippen LogP contribution in [-0.4, -0.2) is 36.2 Å². The predicted molar refractivity (Wildman–Crippen MR) is 196 cm³/mol. The molecular weight excluding hydrogens is 588 g/mol. The van der Waals surface area contributed by atoms with Crippen molar-refractivity contribution in [3.05, 3.63) is 42.0 Å². The molecule has 5 aliphatic carbocycles. The van der Waals surface area contributed by atoms with Gasteiger partial charge in [0.2, 0.25) is 5.91 Å². The van der Waals surface area contributed by atoms with Gasteiger partial charge in [-0.3, -0.25) is 14.5 Å². The first-order valence-electron chi connectivity index (χ1n) is 19.6. The minimum absolute atomic E-state index is 0.177. The molecule has 0 aromatic heterocycles. The Kier molecular flexibility index (Phi) is 8.62. The van der Waals surface area contributed by atoms with Crippen molar-refractivity contribution in [3.8, 4) is 11.8 Å². The van der Waals surface area contributed by atoms with E-state index in [9.17, 15) is 9.59 Å². The highest BCUT2D eigenvalue weighted by molar-refractivity contribution is 5.96. The van der Waals surface area contributed by atoms with Crippen molar-refractivity contribution in [3.63, 3.8) is 0 Å². The number of nitrogens with zero attached hydrogens (tertiary/aromatic N) is 1. The summed E-state index contributed by atoms with van der Waals surface area (Å²) in [4.78, 5) is 30.3. The van der Waals surface area contributed by atoms with Gasteiger partial charge < -0.3 is 5.32 Å². The van der Waals surface area contributed by atoms with Gasteiger partial charge >= 0.3 is 0 Å². The van der Waals surface area contributed by atoms with Crippen molar-refractivity contribution in [2.45, 2.75) is 125 Å². The second-order valence-corrected chi connectivity index (χ2v) is 18.7. The molecule has 4 heteroatoms. The van der Waals surface area contributed by atoms with Gasteiger partial charge in [-0.15, -0.1) is 0 Å². The molecule has 5 unspecified atom stereocenters. The Morgan fingerprint density at radius 2 is 1.60 bits per heavy atom. The van der Waals surface area contributed by atoms with Crippen LogP contribution in [0.3, 0.4) is 0 Å². The summed E-state index contributed by atoms with van der Waals surface area (Å²) in [5.74, 6) is 9.78. The van der Waals surface area contributed by atoms with Gasteiger partial charge in [-0.05, 0) is 161 Å². The Hall–Kier alpha value is -2.38. The zero-order valence-electron chi connectivity index (χ0n) is 31.0. The first kappa shape index (κ1) is 34.1. The third-order valence-corrected chi connectivity index (χ3v) is 16.4. The highest BCUT2D eigenvalue weighted by Gasteiger charge is 2.71. The number of carbonyl (C=O) groups excluding carboxylic acids is 2. The fourth-order valence-corrected chi connectivity index (χ4v) is 13.6. The van der Waals surface area contributed by atoms with E-state index < -0.39 is 0 Å². The molecule has 48 heavy (non-hydrogen) atoms. The highest BCUT2D eigenvalue weighted by Crippen LogP contribution is 2.77. The fourth-order valence-electron chi connectivity index (χ4n) is 13.6. The molecule has 6 fully saturated rings. The van der Waals surface area contributed by atoms with E-state index in [1.807, 2.05) is 12.1 Å². The molecule has 1 aromatic rings. The summed E-state index contributed by atoms with van der Waals surface area (Å²) in [7, 11) is 0. The molecule has 0 spiro atoms. The molecule has 6 aliphatic rings. The standard InChI is InChI=1S/C44H62N2O2/c1-30(2)33-19-24-44(39(48)45-32-15-13-31(14-16-32)12-11-29-46-27-9-8-10-28-46)26-25-42(6)34(38(33)44)17-18-36-41(5)22-21-37(47)40(3,4)35(41)20-23-43(36,42)7/h13-16,33-36,38H,1,8-10,17-29H2,2-7H3,(H,45,48)/t33-,34?,35?,36?,38?,41-,42+,43+,44?/m0/s1. The first-order valence-corrected chi connectivity index (χ1v) is 19.6. The SMILES string of the molecule is C=C(C)[C@@H]1CCC2(C(=O)Nc3ccc(C#CCN4CCCCC4)cc3)CC[C@]3(C)C(CCC4[C@@]5(C)CCC(=O)C(C)(C)C5CC[C@]43C)C12. The Balaban J connectivity index is 1.12. The van der Waals surface area contributed by atoms with E-state index in [1.165, 1.54) is 44.1 Å². The van der Waals surface area contributed by atoms with Gasteiger partial charge in [0.1, 0.15) is 5.78 Å². The number of hydrogen-bond donors (Lipinski definition) is 1. The summed E-state index contributed by atoms with van der Waals surface area (Å²) in [5, 5.41) is 3.44. The zero-order valence-corrected chi connectivity index (χ0v) is 31.0. The molecule has 9 atom stereocenters. The molecule has 4 nitrogen and oxygen atoms in total. The number of allylic oxidation sites excluding steroid dienone is 1. The number of piperidine rings is 1. The van der Waals surface area contributed by atoms with E-state index in [0.717, 1.165) is 75.8 Å². The molecule has 1 aliphatic heterocycles. The van der Waals surface area contributed by atoms with E-state index in [2.05, 4.69) is 82.3 Å². The van der Waals surface area contributed by atoms with Crippen molar-refractivity contribution >= 4 is 17.4 Å². The Labute approximate surface area is 291 Å². The topological polar surface area (TPSA) is 49.4 Å². The fraction of sp³-hybridized carbons (Fsp3) is 0.727. The maximum absolute atomic E-state index is 14.6. The maximum Gasteiger partial charge on any atom is 0.230 e. The summed E-state index contributed by atoms with van der Waals surface area (Å²) in [6.07, 6.45) is 14.6. The third kappa shape index (κ3) is 5.10. The second kappa shape index (κ2) is 12.1. The number of anilines is 1. The minimum Gasteiger partial charge on any atom is -0.326 e. The van der Waals surface area contributed by atoms with Crippen molar-refractivity contribution in [1.29, 1.82) is 0 Å². The van der Waals surface area contributed by atoms with Crippen molar-refractivity contribution < 1.29 is 9.59 Å². The number of nitrogens with one attached hydrogen (secondary N) is 1. The van der Waals surface area contributed by atoms with Crippen molar-refractivity contribution in [2.24, 2.45) is 56.7 Å². The largest absolute Gasteiger partial charge is 0.326 e. The van der Waals surface area contributed by atoms with E-state index in [0.29, 0.717) is 35.4 Å². The van der Waals surface area contributed by atoms with Crippen LogP contribution in [0.5, 0.6) is 0 Å². The van der Waals surface area contributed by atoms with Crippen LogP contribution in [0.25, 0.3) is 0 Å². The van der Waals surface area contributed by atoms with Gasteiger partial charge in [-0.1, -0.05) is 65.0 Å². The minimum atomic E-state index is -0.343. The van der Waals surface area contributed by atoms with Gasteiger partial charge in [0.05, 0.1) is 12.0 Å². The smallest absolute Gasteiger partial charge is 0.230 e. The lowest BCUT2D eigenvalue weighted by Crippen LogP contribution is -2.67. The van der Waals surface area contributed by atoms with Gasteiger partial charge in [0, 0.05) is 23.1 Å². The van der Waals surface area contributed by atoms with Crippen LogP contribution < -0.4 is 5.32 Å². The molecule has 1 amide bonds. The molecule has 0 bridgehead atoms. The van der Waals surface area contributed by atoms with E-state index >= 15 is 0 Å². The molecule has 1 aromatic carbocycles.